The lowest BCUT2D eigenvalue weighted by molar-refractivity contribution is -0.121. The summed E-state index contributed by atoms with van der Waals surface area (Å²) in [4.78, 5) is 22.2. The molecule has 0 aliphatic rings. The van der Waals surface area contributed by atoms with Crippen molar-refractivity contribution in [1.82, 2.24) is 9.88 Å². The Morgan fingerprint density at radius 3 is 2.92 bits per heavy atom. The summed E-state index contributed by atoms with van der Waals surface area (Å²) in [5.74, 6) is -0.177. The van der Waals surface area contributed by atoms with Gasteiger partial charge in [0.25, 0.3) is 5.56 Å². The summed E-state index contributed by atoms with van der Waals surface area (Å²) in [7, 11) is 1.54. The highest BCUT2D eigenvalue weighted by molar-refractivity contribution is 14.1. The summed E-state index contributed by atoms with van der Waals surface area (Å²) in [5, 5.41) is 2.46. The number of halogens is 1. The molecule has 13 heavy (non-hydrogen) atoms. The van der Waals surface area contributed by atoms with E-state index in [4.69, 9.17) is 0 Å². The maximum Gasteiger partial charge on any atom is 0.251 e. The molecule has 0 unspecified atom stereocenters. The molecule has 0 aliphatic heterocycles. The molecule has 1 amide bonds. The van der Waals surface area contributed by atoms with Gasteiger partial charge in [-0.3, -0.25) is 9.59 Å². The number of rotatable bonds is 2. The molecule has 0 saturated carbocycles. The Morgan fingerprint density at radius 2 is 2.31 bits per heavy atom. The molecule has 0 aliphatic carbocycles. The second kappa shape index (κ2) is 4.40. The first kappa shape index (κ1) is 10.2. The number of pyridine rings is 1. The van der Waals surface area contributed by atoms with Gasteiger partial charge in [0.15, 0.2) is 0 Å². The maximum atomic E-state index is 11.2. The van der Waals surface area contributed by atoms with Gasteiger partial charge in [0.2, 0.25) is 5.91 Å². The van der Waals surface area contributed by atoms with E-state index in [1.165, 1.54) is 10.6 Å². The minimum absolute atomic E-state index is 0.0756. The average molecular weight is 292 g/mol. The highest BCUT2D eigenvalue weighted by Crippen LogP contribution is 1.99. The fourth-order valence-corrected chi connectivity index (χ4v) is 1.38. The van der Waals surface area contributed by atoms with Crippen molar-refractivity contribution in [2.24, 2.45) is 0 Å². The van der Waals surface area contributed by atoms with Crippen molar-refractivity contribution < 1.29 is 4.79 Å². The van der Waals surface area contributed by atoms with Gasteiger partial charge in [-0.15, -0.1) is 0 Å². The van der Waals surface area contributed by atoms with Gasteiger partial charge < -0.3 is 9.88 Å². The normalized spacial score (nSPS) is 9.69. The van der Waals surface area contributed by atoms with Crippen LogP contribution in [0.1, 0.15) is 0 Å². The molecule has 0 aromatic carbocycles. The summed E-state index contributed by atoms with van der Waals surface area (Å²) < 4.78 is 2.31. The molecule has 4 nitrogen and oxygen atoms in total. The molecule has 1 rings (SSSR count). The molecule has 0 saturated heterocycles. The van der Waals surface area contributed by atoms with E-state index >= 15 is 0 Å². The molecule has 0 atom stereocenters. The van der Waals surface area contributed by atoms with Crippen LogP contribution in [0.15, 0.2) is 23.1 Å². The molecule has 1 aromatic rings. The minimum atomic E-state index is -0.177. The van der Waals surface area contributed by atoms with Crippen LogP contribution < -0.4 is 10.9 Å². The van der Waals surface area contributed by atoms with Gasteiger partial charge in [-0.25, -0.2) is 0 Å². The van der Waals surface area contributed by atoms with E-state index in [1.807, 2.05) is 0 Å². The van der Waals surface area contributed by atoms with Crippen molar-refractivity contribution in [2.45, 2.75) is 6.54 Å². The van der Waals surface area contributed by atoms with E-state index in [9.17, 15) is 9.59 Å². The Bertz CT molecular complexity index is 373. The second-order valence-electron chi connectivity index (χ2n) is 2.49. The average Bonchev–Trinajstić information content (AvgIpc) is 2.11. The van der Waals surface area contributed by atoms with Crippen LogP contribution in [-0.2, 0) is 11.3 Å². The molecule has 0 radical (unpaired) electrons. The fourth-order valence-electron chi connectivity index (χ4n) is 0.859. The van der Waals surface area contributed by atoms with Gasteiger partial charge in [0.1, 0.15) is 6.54 Å². The predicted octanol–water partition coefficient (Wildman–Crippen LogP) is 0.199. The number of carbonyl (C=O) groups excluding carboxylic acids is 1. The molecule has 1 aromatic heterocycles. The third kappa shape index (κ3) is 2.83. The molecule has 70 valence electrons. The van der Waals surface area contributed by atoms with Crippen molar-refractivity contribution in [3.05, 3.63) is 32.3 Å². The first-order valence-corrected chi connectivity index (χ1v) is 4.78. The summed E-state index contributed by atoms with van der Waals surface area (Å²) in [6, 6.07) is 3.16. The van der Waals surface area contributed by atoms with Crippen LogP contribution in [0.2, 0.25) is 0 Å². The van der Waals surface area contributed by atoms with Crippen LogP contribution in [0, 0.1) is 3.57 Å². The summed E-state index contributed by atoms with van der Waals surface area (Å²) in [5.41, 5.74) is -0.163. The second-order valence-corrected chi connectivity index (χ2v) is 3.73. The molecule has 1 N–H and O–H groups in total. The zero-order chi connectivity index (χ0) is 9.84. The highest BCUT2D eigenvalue weighted by atomic mass is 127. The molecule has 0 spiro atoms. The fraction of sp³-hybridized carbons (Fsp3) is 0.250. The third-order valence-electron chi connectivity index (χ3n) is 1.54. The lowest BCUT2D eigenvalue weighted by Gasteiger charge is -2.03. The molecule has 0 bridgehead atoms. The number of aromatic nitrogens is 1. The molecular formula is C8H9IN2O2. The van der Waals surface area contributed by atoms with Gasteiger partial charge in [0, 0.05) is 22.9 Å². The van der Waals surface area contributed by atoms with Crippen molar-refractivity contribution in [3.63, 3.8) is 0 Å². The predicted molar refractivity (Wildman–Crippen MR) is 57.5 cm³/mol. The van der Waals surface area contributed by atoms with E-state index in [0.29, 0.717) is 0 Å². The zero-order valence-electron chi connectivity index (χ0n) is 7.08. The summed E-state index contributed by atoms with van der Waals surface area (Å²) in [6.45, 7) is 0.0756. The van der Waals surface area contributed by atoms with Crippen LogP contribution in [0.4, 0.5) is 0 Å². The molecule has 5 heteroatoms. The topological polar surface area (TPSA) is 51.1 Å². The number of amides is 1. The number of carbonyl (C=O) groups is 1. The Morgan fingerprint density at radius 1 is 1.62 bits per heavy atom. The van der Waals surface area contributed by atoms with Gasteiger partial charge in [-0.1, -0.05) is 0 Å². The lowest BCUT2D eigenvalue weighted by atomic mass is 10.4. The van der Waals surface area contributed by atoms with Crippen LogP contribution in [0.25, 0.3) is 0 Å². The minimum Gasteiger partial charge on any atom is -0.358 e. The van der Waals surface area contributed by atoms with Crippen LogP contribution in [-0.4, -0.2) is 17.5 Å². The maximum absolute atomic E-state index is 11.2. The lowest BCUT2D eigenvalue weighted by Crippen LogP contribution is -2.29. The number of hydrogen-bond acceptors (Lipinski definition) is 2. The van der Waals surface area contributed by atoms with Crippen molar-refractivity contribution in [3.8, 4) is 0 Å². The van der Waals surface area contributed by atoms with E-state index in [0.717, 1.165) is 3.57 Å². The van der Waals surface area contributed by atoms with Gasteiger partial charge in [-0.2, -0.15) is 0 Å². The van der Waals surface area contributed by atoms with Crippen molar-refractivity contribution in [1.29, 1.82) is 0 Å². The van der Waals surface area contributed by atoms with Crippen LogP contribution in [0.3, 0.4) is 0 Å². The Hall–Kier alpha value is -0.850. The van der Waals surface area contributed by atoms with E-state index in [-0.39, 0.29) is 18.0 Å². The van der Waals surface area contributed by atoms with Gasteiger partial charge in [-0.05, 0) is 28.7 Å². The quantitative estimate of drug-likeness (QED) is 0.792. The SMILES string of the molecule is CNC(=O)Cn1cc(I)ccc1=O. The number of likely N-dealkylation sites (N-methyl/N-ethyl adjacent to an activating group) is 1. The standard InChI is InChI=1S/C8H9IN2O2/c1-10-7(12)5-11-4-6(9)2-3-8(11)13/h2-4H,5H2,1H3,(H,10,12). The third-order valence-corrected chi connectivity index (χ3v) is 2.18. The Labute approximate surface area is 89.1 Å². The Balaban J connectivity index is 2.94. The van der Waals surface area contributed by atoms with Crippen molar-refractivity contribution >= 4 is 28.5 Å². The number of nitrogens with zero attached hydrogens (tertiary/aromatic N) is 1. The van der Waals surface area contributed by atoms with Gasteiger partial charge in [0.05, 0.1) is 0 Å². The number of nitrogens with one attached hydrogen (secondary N) is 1. The van der Waals surface area contributed by atoms with Crippen LogP contribution >= 0.6 is 22.6 Å². The van der Waals surface area contributed by atoms with E-state index < -0.39 is 0 Å². The largest absolute Gasteiger partial charge is 0.358 e. The smallest absolute Gasteiger partial charge is 0.251 e. The van der Waals surface area contributed by atoms with Crippen molar-refractivity contribution in [2.75, 3.05) is 7.05 Å². The molecule has 0 fully saturated rings. The monoisotopic (exact) mass is 292 g/mol. The number of hydrogen-bond donors (Lipinski definition) is 1. The first-order chi connectivity index (χ1) is 6.13. The summed E-state index contributed by atoms with van der Waals surface area (Å²) in [6.07, 6.45) is 1.65. The van der Waals surface area contributed by atoms with Crippen LogP contribution in [0.5, 0.6) is 0 Å². The van der Waals surface area contributed by atoms with E-state index in [2.05, 4.69) is 27.9 Å². The summed E-state index contributed by atoms with van der Waals surface area (Å²) >= 11 is 2.09. The highest BCUT2D eigenvalue weighted by Gasteiger charge is 2.01. The zero-order valence-corrected chi connectivity index (χ0v) is 9.24. The van der Waals surface area contributed by atoms with E-state index in [1.54, 1.807) is 19.3 Å². The molecule has 1 heterocycles. The van der Waals surface area contributed by atoms with Gasteiger partial charge >= 0.3 is 0 Å². The first-order valence-electron chi connectivity index (χ1n) is 3.70. The Kier molecular flexibility index (Phi) is 3.47. The molecular weight excluding hydrogens is 283 g/mol.